The highest BCUT2D eigenvalue weighted by atomic mass is 127. The highest BCUT2D eigenvalue weighted by molar-refractivity contribution is 14.0. The van der Waals surface area contributed by atoms with Crippen molar-refractivity contribution in [3.05, 3.63) is 0 Å². The van der Waals surface area contributed by atoms with Crippen LogP contribution < -0.4 is 5.32 Å². The Labute approximate surface area is 164 Å². The number of hydrogen-bond donors (Lipinski definition) is 1. The molecule has 1 heterocycles. The van der Waals surface area contributed by atoms with Crippen LogP contribution in [0.25, 0.3) is 0 Å². The number of nitrogens with zero attached hydrogens (tertiary/aromatic N) is 2. The first-order valence-electron chi connectivity index (χ1n) is 8.95. The largest absolute Gasteiger partial charge is 0.385 e. The molecule has 1 fully saturated rings. The molecule has 1 aliphatic heterocycles. The fourth-order valence-electron chi connectivity index (χ4n) is 2.69. The van der Waals surface area contributed by atoms with Crippen molar-refractivity contribution < 1.29 is 14.2 Å². The van der Waals surface area contributed by atoms with Gasteiger partial charge in [0.1, 0.15) is 0 Å². The molecule has 0 spiro atoms. The van der Waals surface area contributed by atoms with Crippen molar-refractivity contribution in [3.8, 4) is 0 Å². The molecule has 1 saturated heterocycles. The van der Waals surface area contributed by atoms with Gasteiger partial charge in [-0.05, 0) is 39.0 Å². The zero-order chi connectivity index (χ0) is 16.8. The van der Waals surface area contributed by atoms with Gasteiger partial charge in [-0.2, -0.15) is 0 Å². The molecule has 0 amide bonds. The molecule has 0 saturated carbocycles. The third kappa shape index (κ3) is 10.7. The SMILES string of the molecule is CCOCCCCNC(=NC)N1CCC(OCCCOC)CC1.I. The summed E-state index contributed by atoms with van der Waals surface area (Å²) in [5, 5.41) is 3.45. The maximum absolute atomic E-state index is 5.90. The summed E-state index contributed by atoms with van der Waals surface area (Å²) < 4.78 is 16.3. The van der Waals surface area contributed by atoms with Gasteiger partial charge in [-0.25, -0.2) is 0 Å². The van der Waals surface area contributed by atoms with E-state index in [1.807, 2.05) is 14.0 Å². The number of likely N-dealkylation sites (tertiary alicyclic amines) is 1. The lowest BCUT2D eigenvalue weighted by atomic mass is 10.1. The topological polar surface area (TPSA) is 55.3 Å². The molecular formula is C17H36IN3O3. The van der Waals surface area contributed by atoms with Crippen LogP contribution in [0.15, 0.2) is 4.99 Å². The van der Waals surface area contributed by atoms with Crippen LogP contribution in [0.3, 0.4) is 0 Å². The van der Waals surface area contributed by atoms with Crippen molar-refractivity contribution in [3.63, 3.8) is 0 Å². The Bertz CT molecular complexity index is 311. The number of rotatable bonds is 11. The molecule has 24 heavy (non-hydrogen) atoms. The molecule has 1 N–H and O–H groups in total. The highest BCUT2D eigenvalue weighted by Crippen LogP contribution is 2.14. The summed E-state index contributed by atoms with van der Waals surface area (Å²) in [5.74, 6) is 1.01. The Hall–Kier alpha value is -0.120. The summed E-state index contributed by atoms with van der Waals surface area (Å²) in [6.45, 7) is 8.23. The van der Waals surface area contributed by atoms with Gasteiger partial charge in [-0.15, -0.1) is 24.0 Å². The van der Waals surface area contributed by atoms with Crippen molar-refractivity contribution in [1.29, 1.82) is 0 Å². The van der Waals surface area contributed by atoms with Crippen molar-refractivity contribution in [1.82, 2.24) is 10.2 Å². The quantitative estimate of drug-likeness (QED) is 0.224. The van der Waals surface area contributed by atoms with E-state index in [4.69, 9.17) is 14.2 Å². The number of unbranched alkanes of at least 4 members (excludes halogenated alkanes) is 1. The van der Waals surface area contributed by atoms with Crippen molar-refractivity contribution in [2.24, 2.45) is 4.99 Å². The van der Waals surface area contributed by atoms with E-state index in [-0.39, 0.29) is 24.0 Å². The summed E-state index contributed by atoms with van der Waals surface area (Å²) in [6.07, 6.45) is 5.69. The van der Waals surface area contributed by atoms with Crippen LogP contribution in [0.2, 0.25) is 0 Å². The minimum absolute atomic E-state index is 0. The van der Waals surface area contributed by atoms with Crippen LogP contribution in [0.5, 0.6) is 0 Å². The van der Waals surface area contributed by atoms with E-state index < -0.39 is 0 Å². The molecule has 0 bridgehead atoms. The lowest BCUT2D eigenvalue weighted by Gasteiger charge is -2.34. The van der Waals surface area contributed by atoms with Gasteiger partial charge >= 0.3 is 0 Å². The molecule has 0 atom stereocenters. The number of nitrogens with one attached hydrogen (secondary N) is 1. The lowest BCUT2D eigenvalue weighted by molar-refractivity contribution is 0.00990. The fourth-order valence-corrected chi connectivity index (χ4v) is 2.69. The second-order valence-electron chi connectivity index (χ2n) is 5.78. The fraction of sp³-hybridized carbons (Fsp3) is 0.941. The smallest absolute Gasteiger partial charge is 0.193 e. The molecule has 7 heteroatoms. The van der Waals surface area contributed by atoms with Crippen LogP contribution >= 0.6 is 24.0 Å². The zero-order valence-corrected chi connectivity index (χ0v) is 17.9. The van der Waals surface area contributed by atoms with Gasteiger partial charge in [-0.3, -0.25) is 4.99 Å². The average molecular weight is 457 g/mol. The van der Waals surface area contributed by atoms with Gasteiger partial charge in [0.25, 0.3) is 0 Å². The van der Waals surface area contributed by atoms with Gasteiger partial charge in [0, 0.05) is 60.2 Å². The van der Waals surface area contributed by atoms with Crippen LogP contribution in [-0.4, -0.2) is 77.2 Å². The molecule has 1 aliphatic rings. The van der Waals surface area contributed by atoms with E-state index in [2.05, 4.69) is 15.2 Å². The molecule has 1 rings (SSSR count). The molecule has 0 aliphatic carbocycles. The molecule has 6 nitrogen and oxygen atoms in total. The molecule has 0 aromatic rings. The van der Waals surface area contributed by atoms with Crippen molar-refractivity contribution in [2.45, 2.75) is 45.1 Å². The molecule has 0 unspecified atom stereocenters. The van der Waals surface area contributed by atoms with E-state index in [1.54, 1.807) is 7.11 Å². The number of halogens is 1. The Kier molecular flexibility index (Phi) is 16.3. The van der Waals surface area contributed by atoms with Crippen LogP contribution in [0.4, 0.5) is 0 Å². The van der Waals surface area contributed by atoms with E-state index in [0.29, 0.717) is 6.10 Å². The minimum atomic E-state index is 0. The zero-order valence-electron chi connectivity index (χ0n) is 15.6. The Morgan fingerprint density at radius 2 is 1.88 bits per heavy atom. The number of guanidine groups is 1. The molecular weight excluding hydrogens is 421 g/mol. The number of aliphatic imine (C=N–C) groups is 1. The summed E-state index contributed by atoms with van der Waals surface area (Å²) in [5.41, 5.74) is 0. The standard InChI is InChI=1S/C17H35N3O3.HI/c1-4-22-14-6-5-10-19-17(18-2)20-11-8-16(9-12-20)23-15-7-13-21-3;/h16H,4-15H2,1-3H3,(H,18,19);1H. The third-order valence-corrected chi connectivity index (χ3v) is 4.00. The van der Waals surface area contributed by atoms with Crippen molar-refractivity contribution >= 4 is 29.9 Å². The normalized spacial score (nSPS) is 16.1. The second-order valence-corrected chi connectivity index (χ2v) is 5.78. The first kappa shape index (κ1) is 23.9. The highest BCUT2D eigenvalue weighted by Gasteiger charge is 2.21. The molecule has 0 aromatic heterocycles. The molecule has 144 valence electrons. The predicted molar refractivity (Wildman–Crippen MR) is 110 cm³/mol. The Morgan fingerprint density at radius 1 is 1.12 bits per heavy atom. The Balaban J connectivity index is 0.00000529. The summed E-state index contributed by atoms with van der Waals surface area (Å²) >= 11 is 0. The van der Waals surface area contributed by atoms with Gasteiger partial charge < -0.3 is 24.4 Å². The minimum Gasteiger partial charge on any atom is -0.385 e. The summed E-state index contributed by atoms with van der Waals surface area (Å²) in [6, 6.07) is 0. The lowest BCUT2D eigenvalue weighted by Crippen LogP contribution is -2.47. The second kappa shape index (κ2) is 16.4. The first-order valence-corrected chi connectivity index (χ1v) is 8.95. The first-order chi connectivity index (χ1) is 11.3. The number of ether oxygens (including phenoxy) is 3. The Morgan fingerprint density at radius 3 is 2.50 bits per heavy atom. The monoisotopic (exact) mass is 457 g/mol. The van der Waals surface area contributed by atoms with Crippen LogP contribution in [-0.2, 0) is 14.2 Å². The van der Waals surface area contributed by atoms with Crippen LogP contribution in [0.1, 0.15) is 39.0 Å². The maximum Gasteiger partial charge on any atom is 0.193 e. The molecule has 0 radical (unpaired) electrons. The molecule has 0 aromatic carbocycles. The van der Waals surface area contributed by atoms with E-state index in [1.165, 1.54) is 0 Å². The maximum atomic E-state index is 5.90. The average Bonchev–Trinajstić information content (AvgIpc) is 2.59. The van der Waals surface area contributed by atoms with Crippen molar-refractivity contribution in [2.75, 3.05) is 60.2 Å². The van der Waals surface area contributed by atoms with Gasteiger partial charge in [0.15, 0.2) is 5.96 Å². The predicted octanol–water partition coefficient (Wildman–Crippen LogP) is 2.51. The van der Waals surface area contributed by atoms with E-state index in [0.717, 1.165) is 84.1 Å². The number of methoxy groups -OCH3 is 1. The van der Waals surface area contributed by atoms with E-state index >= 15 is 0 Å². The van der Waals surface area contributed by atoms with E-state index in [9.17, 15) is 0 Å². The summed E-state index contributed by atoms with van der Waals surface area (Å²) in [7, 11) is 3.59. The van der Waals surface area contributed by atoms with Gasteiger partial charge in [0.05, 0.1) is 6.10 Å². The van der Waals surface area contributed by atoms with Gasteiger partial charge in [0.2, 0.25) is 0 Å². The summed E-state index contributed by atoms with van der Waals surface area (Å²) in [4.78, 5) is 6.73. The number of hydrogen-bond acceptors (Lipinski definition) is 4. The number of piperidine rings is 1. The van der Waals surface area contributed by atoms with Gasteiger partial charge in [-0.1, -0.05) is 0 Å². The third-order valence-electron chi connectivity index (χ3n) is 4.00. The van der Waals surface area contributed by atoms with Crippen LogP contribution in [0, 0.1) is 0 Å².